The number of fused-ring (bicyclic) bond motifs is 1. The standard InChI is InChI=1S/C24H24N6O4/c25-22(32)21-15(11-18(28-29-21)14-5-7-26-8-6-14)9-13-1-2-17-16(10-13)12-30(24(17)34)19-3-4-20(31)27-23(19)33/h1-2,5,10-11,19,26H,3-4,6-9,12H2,(H2,25,32)(H,27,31,33). The molecular formula is C24H24N6O4. The molecule has 0 bridgehead atoms. The maximum Gasteiger partial charge on any atom is 0.269 e. The van der Waals surface area contributed by atoms with E-state index < -0.39 is 17.9 Å². The fraction of sp³-hybridized carbons (Fsp3) is 0.333. The first-order valence-corrected chi connectivity index (χ1v) is 11.2. The average Bonchev–Trinajstić information content (AvgIpc) is 3.15. The zero-order valence-electron chi connectivity index (χ0n) is 18.5. The molecule has 2 aromatic rings. The smallest absolute Gasteiger partial charge is 0.269 e. The number of nitrogens with zero attached hydrogens (tertiary/aromatic N) is 3. The SMILES string of the molecule is NC(=O)c1nnc(C2=CCNCC2)cc1Cc1ccc2c(c1)CN(C1CCC(=O)NC1=O)C2=O. The van der Waals surface area contributed by atoms with Crippen LogP contribution in [0.2, 0.25) is 0 Å². The van der Waals surface area contributed by atoms with Crippen LogP contribution in [-0.2, 0) is 22.6 Å². The molecule has 4 heterocycles. The van der Waals surface area contributed by atoms with Gasteiger partial charge in [0.25, 0.3) is 11.8 Å². The highest BCUT2D eigenvalue weighted by Crippen LogP contribution is 2.29. The minimum absolute atomic E-state index is 0.125. The molecule has 1 aromatic heterocycles. The van der Waals surface area contributed by atoms with E-state index in [9.17, 15) is 19.2 Å². The molecular weight excluding hydrogens is 436 g/mol. The number of nitrogens with two attached hydrogens (primary N) is 1. The highest BCUT2D eigenvalue weighted by atomic mass is 16.2. The summed E-state index contributed by atoms with van der Waals surface area (Å²) in [6, 6.07) is 6.69. The summed E-state index contributed by atoms with van der Waals surface area (Å²) in [5.74, 6) is -1.62. The maximum atomic E-state index is 12.9. The first kappa shape index (κ1) is 21.9. The molecule has 4 amide bonds. The number of aromatic nitrogens is 2. The van der Waals surface area contributed by atoms with Crippen LogP contribution in [0.25, 0.3) is 5.57 Å². The van der Waals surface area contributed by atoms with Gasteiger partial charge in [0.2, 0.25) is 11.8 Å². The van der Waals surface area contributed by atoms with E-state index in [0.717, 1.165) is 41.9 Å². The van der Waals surface area contributed by atoms with Crippen molar-refractivity contribution in [3.63, 3.8) is 0 Å². The number of hydrogen-bond acceptors (Lipinski definition) is 7. The molecule has 1 saturated heterocycles. The van der Waals surface area contributed by atoms with Crippen molar-refractivity contribution in [2.75, 3.05) is 13.1 Å². The molecule has 0 aliphatic carbocycles. The molecule has 5 rings (SSSR count). The van der Waals surface area contributed by atoms with Crippen molar-refractivity contribution in [1.29, 1.82) is 0 Å². The second-order valence-corrected chi connectivity index (χ2v) is 8.72. The Bertz CT molecular complexity index is 1250. The molecule has 4 N–H and O–H groups in total. The van der Waals surface area contributed by atoms with Gasteiger partial charge in [-0.15, -0.1) is 5.10 Å². The monoisotopic (exact) mass is 460 g/mol. The molecule has 10 nitrogen and oxygen atoms in total. The molecule has 1 aromatic carbocycles. The van der Waals surface area contributed by atoms with Crippen molar-refractivity contribution in [2.45, 2.75) is 38.3 Å². The number of carbonyl (C=O) groups excluding carboxylic acids is 4. The topological polar surface area (TPSA) is 147 Å². The van der Waals surface area contributed by atoms with Crippen molar-refractivity contribution in [3.8, 4) is 0 Å². The van der Waals surface area contributed by atoms with Crippen molar-refractivity contribution < 1.29 is 19.2 Å². The Kier molecular flexibility index (Phi) is 5.66. The molecule has 3 aliphatic heterocycles. The third-order valence-corrected chi connectivity index (χ3v) is 6.48. The number of benzene rings is 1. The maximum absolute atomic E-state index is 12.9. The third kappa shape index (κ3) is 4.08. The summed E-state index contributed by atoms with van der Waals surface area (Å²) < 4.78 is 0. The molecule has 1 fully saturated rings. The summed E-state index contributed by atoms with van der Waals surface area (Å²) in [4.78, 5) is 50.2. The lowest BCUT2D eigenvalue weighted by molar-refractivity contribution is -0.136. The van der Waals surface area contributed by atoms with Gasteiger partial charge in [-0.3, -0.25) is 24.5 Å². The molecule has 3 aliphatic rings. The van der Waals surface area contributed by atoms with Crippen LogP contribution in [0.1, 0.15) is 62.5 Å². The van der Waals surface area contributed by atoms with Gasteiger partial charge >= 0.3 is 0 Å². The van der Waals surface area contributed by atoms with Gasteiger partial charge in [0.15, 0.2) is 5.69 Å². The number of rotatable bonds is 5. The third-order valence-electron chi connectivity index (χ3n) is 6.48. The molecule has 1 atom stereocenters. The minimum atomic E-state index is -0.660. The summed E-state index contributed by atoms with van der Waals surface area (Å²) in [6.07, 6.45) is 3.80. The zero-order valence-corrected chi connectivity index (χ0v) is 18.5. The minimum Gasteiger partial charge on any atom is -0.364 e. The van der Waals surface area contributed by atoms with E-state index in [0.29, 0.717) is 24.0 Å². The van der Waals surface area contributed by atoms with Crippen molar-refractivity contribution in [1.82, 2.24) is 25.7 Å². The first-order chi connectivity index (χ1) is 16.4. The highest BCUT2D eigenvalue weighted by Gasteiger charge is 2.39. The quantitative estimate of drug-likeness (QED) is 0.544. The number of piperidine rings is 1. The van der Waals surface area contributed by atoms with Gasteiger partial charge in [0.05, 0.1) is 5.69 Å². The molecule has 0 saturated carbocycles. The van der Waals surface area contributed by atoms with Crippen LogP contribution in [0.4, 0.5) is 0 Å². The first-order valence-electron chi connectivity index (χ1n) is 11.2. The molecule has 34 heavy (non-hydrogen) atoms. The average molecular weight is 460 g/mol. The van der Waals surface area contributed by atoms with Crippen LogP contribution >= 0.6 is 0 Å². The van der Waals surface area contributed by atoms with Gasteiger partial charge in [0, 0.05) is 25.1 Å². The second kappa shape index (κ2) is 8.79. The van der Waals surface area contributed by atoms with Crippen molar-refractivity contribution >= 4 is 29.2 Å². The summed E-state index contributed by atoms with van der Waals surface area (Å²) in [7, 11) is 0. The molecule has 1 unspecified atom stereocenters. The largest absolute Gasteiger partial charge is 0.364 e. The normalized spacial score (nSPS) is 20.1. The number of imide groups is 1. The van der Waals surface area contributed by atoms with E-state index in [1.807, 2.05) is 18.2 Å². The van der Waals surface area contributed by atoms with E-state index in [4.69, 9.17) is 5.73 Å². The molecule has 0 radical (unpaired) electrons. The van der Waals surface area contributed by atoms with E-state index >= 15 is 0 Å². The zero-order chi connectivity index (χ0) is 23.8. The van der Waals surface area contributed by atoms with E-state index in [1.165, 1.54) is 4.90 Å². The van der Waals surface area contributed by atoms with Crippen LogP contribution in [0.15, 0.2) is 30.3 Å². The van der Waals surface area contributed by atoms with Crippen molar-refractivity contribution in [3.05, 3.63) is 64.0 Å². The highest BCUT2D eigenvalue weighted by molar-refractivity contribution is 6.05. The second-order valence-electron chi connectivity index (χ2n) is 8.72. The molecule has 10 heteroatoms. The summed E-state index contributed by atoms with van der Waals surface area (Å²) in [6.45, 7) is 1.89. The van der Waals surface area contributed by atoms with E-state index in [1.54, 1.807) is 6.07 Å². The van der Waals surface area contributed by atoms with Crippen LogP contribution in [0, 0.1) is 0 Å². The van der Waals surface area contributed by atoms with Crippen molar-refractivity contribution in [2.24, 2.45) is 5.73 Å². The Balaban J connectivity index is 1.41. The Labute approximate surface area is 195 Å². The van der Waals surface area contributed by atoms with E-state index in [-0.39, 0.29) is 30.5 Å². The summed E-state index contributed by atoms with van der Waals surface area (Å²) in [5.41, 5.74) is 10.4. The predicted molar refractivity (Wildman–Crippen MR) is 121 cm³/mol. The van der Waals surface area contributed by atoms with Gasteiger partial charge in [-0.25, -0.2) is 0 Å². The fourth-order valence-corrected chi connectivity index (χ4v) is 4.74. The Morgan fingerprint density at radius 2 is 2.00 bits per heavy atom. The van der Waals surface area contributed by atoms with Crippen LogP contribution in [0.5, 0.6) is 0 Å². The predicted octanol–water partition coefficient (Wildman–Crippen LogP) is 0.304. The fourth-order valence-electron chi connectivity index (χ4n) is 4.74. The van der Waals surface area contributed by atoms with Gasteiger partial charge < -0.3 is 16.0 Å². The van der Waals surface area contributed by atoms with E-state index in [2.05, 4.69) is 26.9 Å². The number of primary amides is 1. The summed E-state index contributed by atoms with van der Waals surface area (Å²) in [5, 5.41) is 13.9. The van der Waals surface area contributed by atoms with Gasteiger partial charge in [0.1, 0.15) is 6.04 Å². The van der Waals surface area contributed by atoms with Gasteiger partial charge in [-0.1, -0.05) is 18.2 Å². The lowest BCUT2D eigenvalue weighted by atomic mass is 9.97. The van der Waals surface area contributed by atoms with Crippen LogP contribution in [-0.4, -0.2) is 57.9 Å². The number of nitrogens with one attached hydrogen (secondary N) is 2. The number of amides is 4. The lowest BCUT2D eigenvalue weighted by Gasteiger charge is -2.29. The molecule has 0 spiro atoms. The Hall–Kier alpha value is -3.92. The summed E-state index contributed by atoms with van der Waals surface area (Å²) >= 11 is 0. The number of hydrogen-bond donors (Lipinski definition) is 3. The Morgan fingerprint density at radius 3 is 2.74 bits per heavy atom. The number of carbonyl (C=O) groups is 4. The van der Waals surface area contributed by atoms with Gasteiger partial charge in [-0.2, -0.15) is 5.10 Å². The Morgan fingerprint density at radius 1 is 1.15 bits per heavy atom. The molecule has 174 valence electrons. The lowest BCUT2D eigenvalue weighted by Crippen LogP contribution is -2.52. The van der Waals surface area contributed by atoms with Gasteiger partial charge in [-0.05, 0) is 60.2 Å². The van der Waals surface area contributed by atoms with Crippen LogP contribution in [0.3, 0.4) is 0 Å². The van der Waals surface area contributed by atoms with Crippen LogP contribution < -0.4 is 16.4 Å².